The second-order valence-corrected chi connectivity index (χ2v) is 10.8. The molecule has 2 heterocycles. The molecule has 1 N–H and O–H groups in total. The monoisotopic (exact) mass is 631 g/mol. The highest BCUT2D eigenvalue weighted by Gasteiger charge is 2.26. The molecule has 1 aromatic heterocycles. The van der Waals surface area contributed by atoms with Crippen molar-refractivity contribution in [2.75, 3.05) is 44.1 Å². The molecule has 0 bridgehead atoms. The van der Waals surface area contributed by atoms with E-state index in [4.69, 9.17) is 18.9 Å². The molecule has 0 atom stereocenters. The first-order chi connectivity index (χ1) is 22.0. The molecular weight excluding hydrogens is 594 g/mol. The first-order valence-electron chi connectivity index (χ1n) is 14.9. The Balaban J connectivity index is 1.39. The Morgan fingerprint density at radius 3 is 2.22 bits per heavy atom. The minimum Gasteiger partial charge on any atom is -0.495 e. The molecule has 4 aromatic rings. The van der Waals surface area contributed by atoms with Gasteiger partial charge < -0.3 is 29.2 Å². The van der Waals surface area contributed by atoms with Crippen molar-refractivity contribution in [1.82, 2.24) is 20.1 Å². The molecule has 0 saturated heterocycles. The van der Waals surface area contributed by atoms with Crippen LogP contribution in [0.2, 0.25) is 0 Å². The zero-order chi connectivity index (χ0) is 31.8. The van der Waals surface area contributed by atoms with Crippen LogP contribution in [0, 0.1) is 0 Å². The average Bonchev–Trinajstić information content (AvgIpc) is 3.68. The minimum atomic E-state index is -0.355. The number of carbonyl (C=O) groups is 2. The Morgan fingerprint density at radius 1 is 0.867 bits per heavy atom. The van der Waals surface area contributed by atoms with Crippen LogP contribution < -0.4 is 29.2 Å². The normalized spacial score (nSPS) is 12.0. The maximum atomic E-state index is 13.4. The highest BCUT2D eigenvalue weighted by molar-refractivity contribution is 7.99. The summed E-state index contributed by atoms with van der Waals surface area (Å²) in [5.74, 6) is 2.18. The maximum absolute atomic E-state index is 13.4. The van der Waals surface area contributed by atoms with E-state index in [1.165, 1.54) is 17.3 Å². The Morgan fingerprint density at radius 2 is 1.53 bits per heavy atom. The van der Waals surface area contributed by atoms with Gasteiger partial charge in [0.25, 0.3) is 5.91 Å². The molecule has 2 amide bonds. The number of ether oxygens (including phenoxy) is 4. The Labute approximate surface area is 266 Å². The SMILES string of the molecule is CCOc1cc(C(=O)NCc2nnc(SCC(=O)N3CCc4ccccc43)n2-c2ccccc2OC)cc(OCC)c1OCC. The van der Waals surface area contributed by atoms with Gasteiger partial charge in [0.2, 0.25) is 11.7 Å². The number of anilines is 1. The van der Waals surface area contributed by atoms with Gasteiger partial charge in [-0.2, -0.15) is 0 Å². The summed E-state index contributed by atoms with van der Waals surface area (Å²) in [7, 11) is 1.59. The van der Waals surface area contributed by atoms with Gasteiger partial charge in [0.15, 0.2) is 22.5 Å². The van der Waals surface area contributed by atoms with Crippen LogP contribution in [0.15, 0.2) is 65.8 Å². The molecule has 0 fully saturated rings. The average molecular weight is 632 g/mol. The van der Waals surface area contributed by atoms with Crippen LogP contribution in [0.1, 0.15) is 42.5 Å². The first-order valence-corrected chi connectivity index (χ1v) is 15.9. The predicted octanol–water partition coefficient (Wildman–Crippen LogP) is 5.08. The summed E-state index contributed by atoms with van der Waals surface area (Å²) in [5, 5.41) is 12.3. The number of fused-ring (bicyclic) bond motifs is 1. The molecule has 0 unspecified atom stereocenters. The van der Waals surface area contributed by atoms with Crippen molar-refractivity contribution in [3.8, 4) is 28.7 Å². The van der Waals surface area contributed by atoms with E-state index in [0.29, 0.717) is 71.6 Å². The Hall–Kier alpha value is -4.71. The molecule has 5 rings (SSSR count). The van der Waals surface area contributed by atoms with E-state index >= 15 is 0 Å². The van der Waals surface area contributed by atoms with Crippen LogP contribution in [0.25, 0.3) is 5.69 Å². The summed E-state index contributed by atoms with van der Waals surface area (Å²) in [6.45, 7) is 7.51. The molecule has 0 spiro atoms. The number of para-hydroxylation sites is 3. The van der Waals surface area contributed by atoms with E-state index in [0.717, 1.165) is 12.1 Å². The van der Waals surface area contributed by atoms with Crippen LogP contribution in [0.4, 0.5) is 5.69 Å². The lowest BCUT2D eigenvalue weighted by atomic mass is 10.1. The van der Waals surface area contributed by atoms with Gasteiger partial charge in [-0.05, 0) is 63.1 Å². The second kappa shape index (κ2) is 14.8. The molecule has 236 valence electrons. The number of nitrogens with zero attached hydrogens (tertiary/aromatic N) is 4. The molecule has 1 aliphatic heterocycles. The van der Waals surface area contributed by atoms with Crippen molar-refractivity contribution in [3.63, 3.8) is 0 Å². The fourth-order valence-corrected chi connectivity index (χ4v) is 5.99. The third-order valence-corrected chi connectivity index (χ3v) is 8.03. The number of amides is 2. The molecule has 11 nitrogen and oxygen atoms in total. The summed E-state index contributed by atoms with van der Waals surface area (Å²) in [4.78, 5) is 28.5. The van der Waals surface area contributed by atoms with Gasteiger partial charge in [0, 0.05) is 17.8 Å². The van der Waals surface area contributed by atoms with Crippen LogP contribution in [-0.2, 0) is 17.8 Å². The number of nitrogens with one attached hydrogen (secondary N) is 1. The molecule has 45 heavy (non-hydrogen) atoms. The number of thioether (sulfide) groups is 1. The summed E-state index contributed by atoms with van der Waals surface area (Å²) in [5.41, 5.74) is 3.15. The zero-order valence-corrected chi connectivity index (χ0v) is 26.7. The summed E-state index contributed by atoms with van der Waals surface area (Å²) in [6.07, 6.45) is 0.834. The van der Waals surface area contributed by atoms with E-state index in [1.807, 2.05) is 72.7 Å². The summed E-state index contributed by atoms with van der Waals surface area (Å²) in [6, 6.07) is 18.7. The molecule has 0 aliphatic carbocycles. The van der Waals surface area contributed by atoms with Gasteiger partial charge in [-0.25, -0.2) is 0 Å². The van der Waals surface area contributed by atoms with Gasteiger partial charge in [-0.15, -0.1) is 10.2 Å². The van der Waals surface area contributed by atoms with Crippen LogP contribution in [0.3, 0.4) is 0 Å². The zero-order valence-electron chi connectivity index (χ0n) is 25.9. The highest BCUT2D eigenvalue weighted by atomic mass is 32.2. The van der Waals surface area contributed by atoms with Gasteiger partial charge in [0.05, 0.1) is 44.9 Å². The first kappa shape index (κ1) is 31.7. The van der Waals surface area contributed by atoms with Crippen molar-refractivity contribution in [1.29, 1.82) is 0 Å². The number of hydrogen-bond donors (Lipinski definition) is 1. The van der Waals surface area contributed by atoms with Crippen molar-refractivity contribution < 1.29 is 28.5 Å². The molecular formula is C33H37N5O6S. The maximum Gasteiger partial charge on any atom is 0.251 e. The molecule has 0 saturated carbocycles. The predicted molar refractivity (Wildman–Crippen MR) is 172 cm³/mol. The smallest absolute Gasteiger partial charge is 0.251 e. The summed E-state index contributed by atoms with van der Waals surface area (Å²) >= 11 is 1.29. The van der Waals surface area contributed by atoms with E-state index < -0.39 is 0 Å². The topological polar surface area (TPSA) is 117 Å². The van der Waals surface area contributed by atoms with Crippen LogP contribution in [-0.4, -0.2) is 65.8 Å². The van der Waals surface area contributed by atoms with E-state index in [9.17, 15) is 9.59 Å². The Kier molecular flexibility index (Phi) is 10.5. The third-order valence-electron chi connectivity index (χ3n) is 7.12. The van der Waals surface area contributed by atoms with E-state index in [-0.39, 0.29) is 24.1 Å². The lowest BCUT2D eigenvalue weighted by molar-refractivity contribution is -0.116. The number of hydrogen-bond acceptors (Lipinski definition) is 9. The number of rotatable bonds is 14. The minimum absolute atomic E-state index is 0.0138. The molecule has 1 aliphatic rings. The Bertz CT molecular complexity index is 1630. The van der Waals surface area contributed by atoms with Gasteiger partial charge in [-0.1, -0.05) is 42.1 Å². The molecule has 3 aromatic carbocycles. The number of aromatic nitrogens is 3. The van der Waals surface area contributed by atoms with E-state index in [1.54, 1.807) is 19.2 Å². The second-order valence-electron chi connectivity index (χ2n) is 9.90. The fraction of sp³-hybridized carbons (Fsp3) is 0.333. The highest BCUT2D eigenvalue weighted by Crippen LogP contribution is 2.39. The van der Waals surface area contributed by atoms with Crippen molar-refractivity contribution >= 4 is 29.3 Å². The number of benzene rings is 3. The van der Waals surface area contributed by atoms with Gasteiger partial charge in [-0.3, -0.25) is 14.2 Å². The third kappa shape index (κ3) is 7.01. The van der Waals surface area contributed by atoms with E-state index in [2.05, 4.69) is 21.6 Å². The van der Waals surface area contributed by atoms with Crippen molar-refractivity contribution in [3.05, 3.63) is 77.6 Å². The van der Waals surface area contributed by atoms with Crippen molar-refractivity contribution in [2.45, 2.75) is 38.9 Å². The lowest BCUT2D eigenvalue weighted by Gasteiger charge is -2.18. The lowest BCUT2D eigenvalue weighted by Crippen LogP contribution is -2.30. The van der Waals surface area contributed by atoms with Crippen LogP contribution >= 0.6 is 11.8 Å². The standard InChI is InChI=1S/C33H37N5O6S/c1-5-42-27-18-23(19-28(43-6-2)31(27)44-7-3)32(40)34-20-29-35-36-33(38(29)25-14-10-11-15-26(25)41-4)45-21-30(39)37-17-16-22-12-8-9-13-24(22)37/h8-15,18-19H,5-7,16-17,20-21H2,1-4H3,(H,34,40). The number of methoxy groups -OCH3 is 1. The molecule has 12 heteroatoms. The summed E-state index contributed by atoms with van der Waals surface area (Å²) < 4.78 is 24.8. The van der Waals surface area contributed by atoms with Crippen LogP contribution in [0.5, 0.6) is 23.0 Å². The van der Waals surface area contributed by atoms with Crippen molar-refractivity contribution in [2.24, 2.45) is 0 Å². The number of carbonyl (C=O) groups excluding carboxylic acids is 2. The molecule has 0 radical (unpaired) electrons. The largest absolute Gasteiger partial charge is 0.495 e. The quantitative estimate of drug-likeness (QED) is 0.190. The van der Waals surface area contributed by atoms with Gasteiger partial charge in [0.1, 0.15) is 5.75 Å². The fourth-order valence-electron chi connectivity index (χ4n) is 5.15. The van der Waals surface area contributed by atoms with Gasteiger partial charge >= 0.3 is 0 Å².